The van der Waals surface area contributed by atoms with Gasteiger partial charge in [-0.3, -0.25) is 19.2 Å². The Morgan fingerprint density at radius 1 is 1.16 bits per heavy atom. The molecule has 7 heteroatoms. The SMILES string of the molecule is Cc1cc(C)n(CCNC(=O)c2ccc(CN3CC=C(c4ccccc4)CC3)[nH]c2=O)n1. The number of hydrogen-bond donors (Lipinski definition) is 2. The van der Waals surface area contributed by atoms with Crippen LogP contribution < -0.4 is 10.9 Å². The Bertz CT molecular complexity index is 1180. The number of H-pyrrole nitrogens is 1. The highest BCUT2D eigenvalue weighted by Gasteiger charge is 2.15. The zero-order valence-corrected chi connectivity index (χ0v) is 18.6. The van der Waals surface area contributed by atoms with Gasteiger partial charge in [0.2, 0.25) is 0 Å². The van der Waals surface area contributed by atoms with Crippen LogP contribution in [0.15, 0.2) is 59.4 Å². The Kier molecular flexibility index (Phi) is 6.66. The van der Waals surface area contributed by atoms with Gasteiger partial charge in [-0.25, -0.2) is 0 Å². The molecule has 0 bridgehead atoms. The molecule has 1 aromatic carbocycles. The zero-order valence-electron chi connectivity index (χ0n) is 18.6. The number of nitrogens with zero attached hydrogens (tertiary/aromatic N) is 3. The number of aromatic amines is 1. The van der Waals surface area contributed by atoms with Gasteiger partial charge in [-0.15, -0.1) is 0 Å². The molecule has 1 amide bonds. The van der Waals surface area contributed by atoms with Crippen LogP contribution in [0.25, 0.3) is 5.57 Å². The van der Waals surface area contributed by atoms with Gasteiger partial charge < -0.3 is 10.3 Å². The second kappa shape index (κ2) is 9.78. The normalized spacial score (nSPS) is 14.2. The highest BCUT2D eigenvalue weighted by molar-refractivity contribution is 5.93. The average Bonchev–Trinajstić information content (AvgIpc) is 3.11. The minimum Gasteiger partial charge on any atom is -0.350 e. The third-order valence-electron chi connectivity index (χ3n) is 5.76. The van der Waals surface area contributed by atoms with Crippen LogP contribution in [0.2, 0.25) is 0 Å². The highest BCUT2D eigenvalue weighted by atomic mass is 16.2. The van der Waals surface area contributed by atoms with Gasteiger partial charge in [-0.05, 0) is 49.6 Å². The first-order chi connectivity index (χ1) is 15.5. The number of carbonyl (C=O) groups excluding carboxylic acids is 1. The van der Waals surface area contributed by atoms with E-state index in [1.807, 2.05) is 36.7 Å². The molecule has 3 aromatic rings. The summed E-state index contributed by atoms with van der Waals surface area (Å²) in [6.45, 7) is 7.30. The molecule has 0 radical (unpaired) electrons. The quantitative estimate of drug-likeness (QED) is 0.603. The van der Waals surface area contributed by atoms with Crippen molar-refractivity contribution in [2.75, 3.05) is 19.6 Å². The maximum atomic E-state index is 12.5. The lowest BCUT2D eigenvalue weighted by molar-refractivity contribution is 0.0950. The maximum absolute atomic E-state index is 12.5. The van der Waals surface area contributed by atoms with Crippen molar-refractivity contribution in [3.63, 3.8) is 0 Å². The molecular formula is C25H29N5O2. The molecule has 0 unspecified atom stereocenters. The molecule has 1 aliphatic heterocycles. The molecule has 4 rings (SSSR count). The summed E-state index contributed by atoms with van der Waals surface area (Å²) in [4.78, 5) is 30.1. The van der Waals surface area contributed by atoms with Crippen molar-refractivity contribution >= 4 is 11.5 Å². The molecule has 3 heterocycles. The van der Waals surface area contributed by atoms with Gasteiger partial charge in [0.1, 0.15) is 5.56 Å². The van der Waals surface area contributed by atoms with Gasteiger partial charge in [0.15, 0.2) is 0 Å². The topological polar surface area (TPSA) is 83.0 Å². The standard InChI is InChI=1S/C25H29N5O2/c1-18-16-19(2)30(28-18)15-12-26-24(31)23-9-8-22(27-25(23)32)17-29-13-10-21(11-14-29)20-6-4-3-5-7-20/h3-10,16H,11-15,17H2,1-2H3,(H,26,31)(H,27,32). The second-order valence-electron chi connectivity index (χ2n) is 8.21. The van der Waals surface area contributed by atoms with Gasteiger partial charge in [0.05, 0.1) is 12.2 Å². The van der Waals surface area contributed by atoms with Gasteiger partial charge >= 0.3 is 0 Å². The molecule has 7 nitrogen and oxygen atoms in total. The number of rotatable bonds is 7. The van der Waals surface area contributed by atoms with E-state index in [-0.39, 0.29) is 17.0 Å². The van der Waals surface area contributed by atoms with Gasteiger partial charge in [-0.1, -0.05) is 36.4 Å². The van der Waals surface area contributed by atoms with E-state index in [9.17, 15) is 9.59 Å². The van der Waals surface area contributed by atoms with Crippen LogP contribution in [0, 0.1) is 13.8 Å². The summed E-state index contributed by atoms with van der Waals surface area (Å²) in [6.07, 6.45) is 3.23. The van der Waals surface area contributed by atoms with E-state index in [0.29, 0.717) is 19.6 Å². The number of amides is 1. The van der Waals surface area contributed by atoms with E-state index in [1.54, 1.807) is 6.07 Å². The molecule has 32 heavy (non-hydrogen) atoms. The minimum absolute atomic E-state index is 0.132. The summed E-state index contributed by atoms with van der Waals surface area (Å²) in [5, 5.41) is 7.18. The first-order valence-electron chi connectivity index (χ1n) is 11.0. The van der Waals surface area contributed by atoms with Gasteiger partial charge in [0.25, 0.3) is 11.5 Å². The first kappa shape index (κ1) is 21.8. The predicted octanol–water partition coefficient (Wildman–Crippen LogP) is 2.91. The number of benzene rings is 1. The van der Waals surface area contributed by atoms with E-state index in [0.717, 1.165) is 36.6 Å². The number of hydrogen-bond acceptors (Lipinski definition) is 4. The van der Waals surface area contributed by atoms with Crippen LogP contribution in [0.5, 0.6) is 0 Å². The molecule has 166 valence electrons. The third-order valence-corrected chi connectivity index (χ3v) is 5.76. The Balaban J connectivity index is 1.31. The van der Waals surface area contributed by atoms with E-state index < -0.39 is 0 Å². The Hall–Kier alpha value is -3.45. The molecule has 0 atom stereocenters. The Morgan fingerprint density at radius 2 is 1.97 bits per heavy atom. The summed E-state index contributed by atoms with van der Waals surface area (Å²) < 4.78 is 1.85. The fraction of sp³-hybridized carbons (Fsp3) is 0.320. The molecule has 0 spiro atoms. The number of nitrogens with one attached hydrogen (secondary N) is 2. The van der Waals surface area contributed by atoms with Crippen molar-refractivity contribution in [2.45, 2.75) is 33.4 Å². The second-order valence-corrected chi connectivity index (χ2v) is 8.21. The first-order valence-corrected chi connectivity index (χ1v) is 11.0. The third kappa shape index (κ3) is 5.23. The van der Waals surface area contributed by atoms with Crippen LogP contribution in [-0.4, -0.2) is 45.2 Å². The molecule has 0 aliphatic carbocycles. The fourth-order valence-electron chi connectivity index (χ4n) is 4.07. The largest absolute Gasteiger partial charge is 0.350 e. The molecule has 0 saturated carbocycles. The Labute approximate surface area is 187 Å². The lowest BCUT2D eigenvalue weighted by Gasteiger charge is -2.26. The van der Waals surface area contributed by atoms with E-state index in [1.165, 1.54) is 11.1 Å². The molecule has 2 aromatic heterocycles. The predicted molar refractivity (Wildman–Crippen MR) is 125 cm³/mol. The van der Waals surface area contributed by atoms with E-state index >= 15 is 0 Å². The van der Waals surface area contributed by atoms with E-state index in [4.69, 9.17) is 0 Å². The summed E-state index contributed by atoms with van der Waals surface area (Å²) in [5.74, 6) is -0.368. The van der Waals surface area contributed by atoms with Crippen LogP contribution >= 0.6 is 0 Å². The summed E-state index contributed by atoms with van der Waals surface area (Å²) in [5.41, 5.74) is 5.21. The van der Waals surface area contributed by atoms with Crippen molar-refractivity contribution in [1.29, 1.82) is 0 Å². The van der Waals surface area contributed by atoms with Crippen LogP contribution in [0.3, 0.4) is 0 Å². The molecule has 0 fully saturated rings. The fourth-order valence-corrected chi connectivity index (χ4v) is 4.07. The minimum atomic E-state index is -0.368. The van der Waals surface area contributed by atoms with Crippen LogP contribution in [0.1, 0.15) is 39.4 Å². The van der Waals surface area contributed by atoms with E-state index in [2.05, 4.69) is 50.6 Å². The average molecular weight is 432 g/mol. The van der Waals surface area contributed by atoms with Crippen molar-refractivity contribution in [3.05, 3.63) is 93.2 Å². The summed E-state index contributed by atoms with van der Waals surface area (Å²) in [6, 6.07) is 15.9. The number of carbonyl (C=O) groups is 1. The monoisotopic (exact) mass is 431 g/mol. The lowest BCUT2D eigenvalue weighted by Crippen LogP contribution is -2.33. The summed E-state index contributed by atoms with van der Waals surface area (Å²) in [7, 11) is 0. The Morgan fingerprint density at radius 3 is 2.62 bits per heavy atom. The smallest absolute Gasteiger partial charge is 0.261 e. The number of aromatic nitrogens is 3. The number of aryl methyl sites for hydroxylation is 2. The highest BCUT2D eigenvalue weighted by Crippen LogP contribution is 2.22. The maximum Gasteiger partial charge on any atom is 0.261 e. The summed E-state index contributed by atoms with van der Waals surface area (Å²) >= 11 is 0. The molecular weight excluding hydrogens is 402 g/mol. The molecule has 0 saturated heterocycles. The van der Waals surface area contributed by atoms with Crippen molar-refractivity contribution in [1.82, 2.24) is 25.0 Å². The van der Waals surface area contributed by atoms with Crippen LogP contribution in [0.4, 0.5) is 0 Å². The van der Waals surface area contributed by atoms with Gasteiger partial charge in [-0.2, -0.15) is 5.10 Å². The zero-order chi connectivity index (χ0) is 22.5. The van der Waals surface area contributed by atoms with Crippen LogP contribution in [-0.2, 0) is 13.1 Å². The van der Waals surface area contributed by atoms with Crippen molar-refractivity contribution in [2.24, 2.45) is 0 Å². The lowest BCUT2D eigenvalue weighted by atomic mass is 9.99. The molecule has 1 aliphatic rings. The van der Waals surface area contributed by atoms with Crippen molar-refractivity contribution < 1.29 is 4.79 Å². The van der Waals surface area contributed by atoms with Crippen molar-refractivity contribution in [3.8, 4) is 0 Å². The van der Waals surface area contributed by atoms with Gasteiger partial charge in [0, 0.05) is 37.6 Å². The molecule has 2 N–H and O–H groups in total. The number of pyridine rings is 1.